The van der Waals surface area contributed by atoms with Crippen molar-refractivity contribution in [3.63, 3.8) is 0 Å². The van der Waals surface area contributed by atoms with Gasteiger partial charge in [-0.25, -0.2) is 0 Å². The summed E-state index contributed by atoms with van der Waals surface area (Å²) in [6.45, 7) is 1.98. The van der Waals surface area contributed by atoms with Gasteiger partial charge in [0.25, 0.3) is 0 Å². The third-order valence-corrected chi connectivity index (χ3v) is 3.66. The molecule has 1 N–H and O–H groups in total. The number of halogens is 2. The molecule has 0 bridgehead atoms. The number of hydrogen-bond donors (Lipinski definition) is 1. The molecule has 0 amide bonds. The lowest BCUT2D eigenvalue weighted by molar-refractivity contribution is 0.171. The molecule has 108 valence electrons. The van der Waals surface area contributed by atoms with Crippen molar-refractivity contribution in [1.82, 2.24) is 15.1 Å². The predicted molar refractivity (Wildman–Crippen MR) is 81.6 cm³/mol. The number of nitrogens with one attached hydrogen (secondary N) is 1. The van der Waals surface area contributed by atoms with Gasteiger partial charge in [-0.05, 0) is 32.2 Å². The normalized spacial score (nSPS) is 14.1. The fourth-order valence-electron chi connectivity index (χ4n) is 2.19. The van der Waals surface area contributed by atoms with Crippen LogP contribution in [0.25, 0.3) is 0 Å². The molecular weight excluding hydrogens is 297 g/mol. The van der Waals surface area contributed by atoms with Gasteiger partial charge in [0, 0.05) is 12.1 Å². The number of aromatic nitrogens is 2. The fourth-order valence-corrected chi connectivity index (χ4v) is 2.65. The zero-order valence-electron chi connectivity index (χ0n) is 11.6. The molecule has 0 saturated carbocycles. The van der Waals surface area contributed by atoms with Gasteiger partial charge in [0.2, 0.25) is 0 Å². The van der Waals surface area contributed by atoms with Crippen molar-refractivity contribution < 1.29 is 4.74 Å². The molecule has 0 aliphatic carbocycles. The molecule has 0 saturated heterocycles. The van der Waals surface area contributed by atoms with Gasteiger partial charge < -0.3 is 10.1 Å². The molecule has 6 heteroatoms. The Morgan fingerprint density at radius 2 is 2.10 bits per heavy atom. The minimum Gasteiger partial charge on any atom is -0.489 e. The van der Waals surface area contributed by atoms with E-state index in [1.165, 1.54) is 0 Å². The standard InChI is InChI=1S/C14H17Cl2N3O/c1-9(20-11-6-4-5-10(15)7-11)13(17-2)14-12(16)8-18-19(14)3/h4-9,13,17H,1-3H3. The Morgan fingerprint density at radius 1 is 1.35 bits per heavy atom. The predicted octanol–water partition coefficient (Wildman–Crippen LogP) is 3.45. The summed E-state index contributed by atoms with van der Waals surface area (Å²) in [5.41, 5.74) is 0.892. The number of likely N-dealkylation sites (N-methyl/N-ethyl adjacent to an activating group) is 1. The quantitative estimate of drug-likeness (QED) is 0.919. The van der Waals surface area contributed by atoms with E-state index in [4.69, 9.17) is 27.9 Å². The van der Waals surface area contributed by atoms with Crippen LogP contribution in [0.15, 0.2) is 30.5 Å². The maximum Gasteiger partial charge on any atom is 0.121 e. The van der Waals surface area contributed by atoms with Crippen LogP contribution in [0.3, 0.4) is 0 Å². The second kappa shape index (κ2) is 6.48. The molecule has 0 radical (unpaired) electrons. The minimum absolute atomic E-state index is 0.0750. The van der Waals surface area contributed by atoms with E-state index in [1.54, 1.807) is 16.9 Å². The highest BCUT2D eigenvalue weighted by Gasteiger charge is 2.25. The summed E-state index contributed by atoms with van der Waals surface area (Å²) in [5.74, 6) is 0.726. The van der Waals surface area contributed by atoms with E-state index in [-0.39, 0.29) is 12.1 Å². The zero-order chi connectivity index (χ0) is 14.7. The highest BCUT2D eigenvalue weighted by Crippen LogP contribution is 2.27. The topological polar surface area (TPSA) is 39.1 Å². The van der Waals surface area contributed by atoms with Gasteiger partial charge in [-0.2, -0.15) is 5.10 Å². The fraction of sp³-hybridized carbons (Fsp3) is 0.357. The molecule has 1 aromatic heterocycles. The molecule has 2 unspecified atom stereocenters. The van der Waals surface area contributed by atoms with Crippen LogP contribution < -0.4 is 10.1 Å². The van der Waals surface area contributed by atoms with Crippen LogP contribution in [-0.2, 0) is 7.05 Å². The minimum atomic E-state index is -0.133. The first-order valence-corrected chi connectivity index (χ1v) is 7.05. The summed E-state index contributed by atoms with van der Waals surface area (Å²) < 4.78 is 7.69. The largest absolute Gasteiger partial charge is 0.489 e. The first-order valence-electron chi connectivity index (χ1n) is 6.29. The van der Waals surface area contributed by atoms with Gasteiger partial charge >= 0.3 is 0 Å². The van der Waals surface area contributed by atoms with E-state index in [0.29, 0.717) is 10.0 Å². The van der Waals surface area contributed by atoms with Gasteiger partial charge in [-0.1, -0.05) is 29.3 Å². The Kier molecular flexibility index (Phi) is 4.91. The van der Waals surface area contributed by atoms with Crippen LogP contribution in [0.2, 0.25) is 10.0 Å². The number of ether oxygens (including phenoxy) is 1. The number of rotatable bonds is 5. The van der Waals surface area contributed by atoms with Crippen LogP contribution >= 0.6 is 23.2 Å². The van der Waals surface area contributed by atoms with Gasteiger partial charge in [0.05, 0.1) is 23.0 Å². The maximum absolute atomic E-state index is 6.19. The Bertz CT molecular complexity index is 566. The lowest BCUT2D eigenvalue weighted by Gasteiger charge is -2.25. The lowest BCUT2D eigenvalue weighted by atomic mass is 10.1. The van der Waals surface area contributed by atoms with Crippen LogP contribution in [0.4, 0.5) is 0 Å². The molecule has 2 aromatic rings. The first kappa shape index (κ1) is 15.2. The molecule has 0 aliphatic heterocycles. The SMILES string of the molecule is CNC(c1c(Cl)cnn1C)C(C)Oc1cccc(Cl)c1. The van der Waals surface area contributed by atoms with E-state index in [1.807, 2.05) is 39.2 Å². The first-order chi connectivity index (χ1) is 9.52. The zero-order valence-corrected chi connectivity index (χ0v) is 13.1. The van der Waals surface area contributed by atoms with Gasteiger partial charge in [0.15, 0.2) is 0 Å². The van der Waals surface area contributed by atoms with Crippen molar-refractivity contribution >= 4 is 23.2 Å². The average molecular weight is 314 g/mol. The highest BCUT2D eigenvalue weighted by molar-refractivity contribution is 6.31. The Hall–Kier alpha value is -1.23. The van der Waals surface area contributed by atoms with E-state index < -0.39 is 0 Å². The molecule has 4 nitrogen and oxygen atoms in total. The molecule has 0 spiro atoms. The Balaban J connectivity index is 2.20. The molecule has 1 heterocycles. The maximum atomic E-state index is 6.19. The van der Waals surface area contributed by atoms with Crippen molar-refractivity contribution in [3.05, 3.63) is 46.2 Å². The van der Waals surface area contributed by atoms with Crippen LogP contribution in [0, 0.1) is 0 Å². The lowest BCUT2D eigenvalue weighted by Crippen LogP contribution is -2.33. The van der Waals surface area contributed by atoms with Crippen molar-refractivity contribution in [2.75, 3.05) is 7.05 Å². The van der Waals surface area contributed by atoms with Crippen molar-refractivity contribution in [3.8, 4) is 5.75 Å². The van der Waals surface area contributed by atoms with Crippen LogP contribution in [0.1, 0.15) is 18.7 Å². The van der Waals surface area contributed by atoms with Crippen LogP contribution in [0.5, 0.6) is 5.75 Å². The van der Waals surface area contributed by atoms with Crippen molar-refractivity contribution in [2.45, 2.75) is 19.1 Å². The second-order valence-corrected chi connectivity index (χ2v) is 5.39. The molecular formula is C14H17Cl2N3O. The molecule has 2 rings (SSSR count). The molecule has 1 aromatic carbocycles. The highest BCUT2D eigenvalue weighted by atomic mass is 35.5. The van der Waals surface area contributed by atoms with Gasteiger partial charge in [-0.15, -0.1) is 0 Å². The molecule has 2 atom stereocenters. The summed E-state index contributed by atoms with van der Waals surface area (Å²) in [6, 6.07) is 7.26. The van der Waals surface area contributed by atoms with Crippen molar-refractivity contribution in [1.29, 1.82) is 0 Å². The number of hydrogen-bond acceptors (Lipinski definition) is 3. The van der Waals surface area contributed by atoms with E-state index in [2.05, 4.69) is 10.4 Å². The summed E-state index contributed by atoms with van der Waals surface area (Å²) in [4.78, 5) is 0. The van der Waals surface area contributed by atoms with Crippen molar-refractivity contribution in [2.24, 2.45) is 7.05 Å². The second-order valence-electron chi connectivity index (χ2n) is 4.55. The van der Waals surface area contributed by atoms with Gasteiger partial charge in [-0.3, -0.25) is 4.68 Å². The third kappa shape index (κ3) is 3.26. The van der Waals surface area contributed by atoms with E-state index >= 15 is 0 Å². The third-order valence-electron chi connectivity index (χ3n) is 3.13. The monoisotopic (exact) mass is 313 g/mol. The summed E-state index contributed by atoms with van der Waals surface area (Å²) >= 11 is 12.2. The van der Waals surface area contributed by atoms with E-state index in [0.717, 1.165) is 11.4 Å². The summed E-state index contributed by atoms with van der Waals surface area (Å²) in [7, 11) is 3.73. The smallest absolute Gasteiger partial charge is 0.121 e. The van der Waals surface area contributed by atoms with Crippen LogP contribution in [-0.4, -0.2) is 22.9 Å². The van der Waals surface area contributed by atoms with Gasteiger partial charge in [0.1, 0.15) is 11.9 Å². The molecule has 0 fully saturated rings. The number of benzene rings is 1. The Morgan fingerprint density at radius 3 is 2.65 bits per heavy atom. The molecule has 20 heavy (non-hydrogen) atoms. The summed E-state index contributed by atoms with van der Waals surface area (Å²) in [6.07, 6.45) is 1.50. The number of nitrogens with zero attached hydrogens (tertiary/aromatic N) is 2. The summed E-state index contributed by atoms with van der Waals surface area (Å²) in [5, 5.41) is 8.64. The van der Waals surface area contributed by atoms with E-state index in [9.17, 15) is 0 Å². The molecule has 0 aliphatic rings. The Labute approximate surface area is 128 Å². The average Bonchev–Trinajstić information content (AvgIpc) is 2.72. The number of aryl methyl sites for hydroxylation is 1.